The molecule has 2 aromatic rings. The zero-order valence-corrected chi connectivity index (χ0v) is 8.82. The van der Waals surface area contributed by atoms with Gasteiger partial charge in [-0.05, 0) is 12.1 Å². The van der Waals surface area contributed by atoms with Crippen molar-refractivity contribution in [2.24, 2.45) is 0 Å². The van der Waals surface area contributed by atoms with E-state index in [-0.39, 0.29) is 5.02 Å². The molecule has 0 aliphatic rings. The summed E-state index contributed by atoms with van der Waals surface area (Å²) in [4.78, 5) is 10.6. The molecule has 0 radical (unpaired) electrons. The van der Waals surface area contributed by atoms with Gasteiger partial charge in [-0.25, -0.2) is 18.3 Å². The molecule has 1 aromatic carbocycles. The van der Waals surface area contributed by atoms with Gasteiger partial charge in [-0.1, -0.05) is 16.8 Å². The fourth-order valence-corrected chi connectivity index (χ4v) is 1.35. The molecule has 88 valence electrons. The van der Waals surface area contributed by atoms with E-state index in [1.54, 1.807) is 0 Å². The smallest absolute Gasteiger partial charge is 0.358 e. The average molecular weight is 260 g/mol. The summed E-state index contributed by atoms with van der Waals surface area (Å²) in [5, 5.41) is 14.9. The maximum Gasteiger partial charge on any atom is 0.358 e. The third-order valence-corrected chi connectivity index (χ3v) is 2.25. The van der Waals surface area contributed by atoms with Crippen LogP contribution in [0, 0.1) is 11.6 Å². The lowest BCUT2D eigenvalue weighted by molar-refractivity contribution is 0.0690. The second kappa shape index (κ2) is 4.10. The molecule has 0 atom stereocenters. The molecule has 1 N–H and O–H groups in total. The van der Waals surface area contributed by atoms with E-state index in [1.807, 2.05) is 0 Å². The van der Waals surface area contributed by atoms with Crippen LogP contribution < -0.4 is 0 Å². The zero-order chi connectivity index (χ0) is 12.6. The van der Waals surface area contributed by atoms with Crippen molar-refractivity contribution in [2.75, 3.05) is 0 Å². The molecular weight excluding hydrogens is 256 g/mol. The predicted molar refractivity (Wildman–Crippen MR) is 53.2 cm³/mol. The fourth-order valence-electron chi connectivity index (χ4n) is 1.20. The summed E-state index contributed by atoms with van der Waals surface area (Å²) in [6.45, 7) is 0. The number of carboxylic acid groups (broad SMARTS) is 1. The summed E-state index contributed by atoms with van der Waals surface area (Å²) < 4.78 is 27.6. The summed E-state index contributed by atoms with van der Waals surface area (Å²) >= 11 is 5.49. The van der Waals surface area contributed by atoms with Gasteiger partial charge in [0.25, 0.3) is 0 Å². The van der Waals surface area contributed by atoms with Crippen molar-refractivity contribution >= 4 is 17.6 Å². The van der Waals surface area contributed by atoms with Gasteiger partial charge in [0.1, 0.15) is 5.69 Å². The summed E-state index contributed by atoms with van der Waals surface area (Å²) in [6, 6.07) is 1.99. The fraction of sp³-hybridized carbons (Fsp3) is 0. The number of carbonyl (C=O) groups is 1. The van der Waals surface area contributed by atoms with Crippen LogP contribution in [0.1, 0.15) is 10.5 Å². The van der Waals surface area contributed by atoms with Gasteiger partial charge in [0, 0.05) is 0 Å². The highest BCUT2D eigenvalue weighted by molar-refractivity contribution is 6.30. The Morgan fingerprint density at radius 2 is 2.12 bits per heavy atom. The maximum atomic E-state index is 13.6. The summed E-state index contributed by atoms with van der Waals surface area (Å²) in [7, 11) is 0. The van der Waals surface area contributed by atoms with Gasteiger partial charge in [-0.15, -0.1) is 5.10 Å². The van der Waals surface area contributed by atoms with E-state index < -0.39 is 29.0 Å². The summed E-state index contributed by atoms with van der Waals surface area (Å²) in [5.74, 6) is -3.30. The SMILES string of the molecule is O=C(O)c1cn(-c2c(F)ccc(Cl)c2F)nn1. The maximum absolute atomic E-state index is 13.6. The van der Waals surface area contributed by atoms with Gasteiger partial charge >= 0.3 is 5.97 Å². The van der Waals surface area contributed by atoms with Crippen LogP contribution in [0.4, 0.5) is 8.78 Å². The number of hydrogen-bond acceptors (Lipinski definition) is 3. The van der Waals surface area contributed by atoms with Crippen LogP contribution in [0.25, 0.3) is 5.69 Å². The summed E-state index contributed by atoms with van der Waals surface area (Å²) in [5.41, 5.74) is -0.999. The Morgan fingerprint density at radius 3 is 2.71 bits per heavy atom. The molecule has 0 fully saturated rings. The van der Waals surface area contributed by atoms with Crippen molar-refractivity contribution in [3.63, 3.8) is 0 Å². The zero-order valence-electron chi connectivity index (χ0n) is 8.06. The highest BCUT2D eigenvalue weighted by atomic mass is 35.5. The largest absolute Gasteiger partial charge is 0.476 e. The average Bonchev–Trinajstić information content (AvgIpc) is 2.73. The first-order chi connectivity index (χ1) is 8.00. The van der Waals surface area contributed by atoms with Gasteiger partial charge in [-0.3, -0.25) is 0 Å². The van der Waals surface area contributed by atoms with Crippen molar-refractivity contribution in [1.82, 2.24) is 15.0 Å². The second-order valence-electron chi connectivity index (χ2n) is 3.05. The summed E-state index contributed by atoms with van der Waals surface area (Å²) in [6.07, 6.45) is 0.889. The Morgan fingerprint density at radius 1 is 1.41 bits per heavy atom. The normalized spacial score (nSPS) is 10.5. The first kappa shape index (κ1) is 11.5. The quantitative estimate of drug-likeness (QED) is 0.837. The van der Waals surface area contributed by atoms with Crippen molar-refractivity contribution in [3.05, 3.63) is 40.7 Å². The number of aromatic nitrogens is 3. The topological polar surface area (TPSA) is 68.0 Å². The second-order valence-corrected chi connectivity index (χ2v) is 3.45. The Balaban J connectivity index is 2.60. The van der Waals surface area contributed by atoms with Gasteiger partial charge in [0.15, 0.2) is 17.3 Å². The van der Waals surface area contributed by atoms with E-state index in [4.69, 9.17) is 16.7 Å². The van der Waals surface area contributed by atoms with Crippen molar-refractivity contribution in [2.45, 2.75) is 0 Å². The number of halogens is 3. The Kier molecular flexibility index (Phi) is 2.76. The van der Waals surface area contributed by atoms with Crippen LogP contribution in [0.2, 0.25) is 5.02 Å². The van der Waals surface area contributed by atoms with E-state index >= 15 is 0 Å². The van der Waals surface area contributed by atoms with Gasteiger partial charge < -0.3 is 5.11 Å². The molecule has 0 unspecified atom stereocenters. The van der Waals surface area contributed by atoms with E-state index in [9.17, 15) is 13.6 Å². The van der Waals surface area contributed by atoms with Crippen molar-refractivity contribution in [1.29, 1.82) is 0 Å². The molecule has 5 nitrogen and oxygen atoms in total. The molecule has 8 heteroatoms. The van der Waals surface area contributed by atoms with E-state index in [1.165, 1.54) is 0 Å². The number of carboxylic acids is 1. The Bertz CT molecular complexity index is 600. The molecular formula is C9H4ClF2N3O2. The molecule has 0 saturated heterocycles. The predicted octanol–water partition coefficient (Wildman–Crippen LogP) is 1.90. The number of hydrogen-bond donors (Lipinski definition) is 1. The molecule has 1 heterocycles. The van der Waals surface area contributed by atoms with Crippen LogP contribution in [0.5, 0.6) is 0 Å². The minimum atomic E-state index is -1.35. The van der Waals surface area contributed by atoms with Crippen molar-refractivity contribution < 1.29 is 18.7 Å². The molecule has 17 heavy (non-hydrogen) atoms. The molecule has 0 aliphatic carbocycles. The third kappa shape index (κ3) is 1.96. The molecule has 0 saturated carbocycles. The molecule has 0 bridgehead atoms. The van der Waals surface area contributed by atoms with Crippen LogP contribution >= 0.6 is 11.6 Å². The molecule has 0 aliphatic heterocycles. The molecule has 1 aromatic heterocycles. The van der Waals surface area contributed by atoms with Crippen LogP contribution in [0.15, 0.2) is 18.3 Å². The number of benzene rings is 1. The van der Waals surface area contributed by atoms with Gasteiger partial charge in [0.05, 0.1) is 11.2 Å². The Labute approximate surface area is 98.2 Å². The Hall–Kier alpha value is -2.02. The number of aromatic carboxylic acids is 1. The monoisotopic (exact) mass is 259 g/mol. The number of rotatable bonds is 2. The molecule has 2 rings (SSSR count). The standard InChI is InChI=1S/C9H4ClF2N3O2/c10-4-1-2-5(11)8(7(4)12)15-3-6(9(16)17)13-14-15/h1-3H,(H,16,17). The van der Waals surface area contributed by atoms with E-state index in [0.29, 0.717) is 4.68 Å². The van der Waals surface area contributed by atoms with Gasteiger partial charge in [-0.2, -0.15) is 0 Å². The lowest BCUT2D eigenvalue weighted by atomic mass is 10.3. The first-order valence-corrected chi connectivity index (χ1v) is 4.68. The minimum absolute atomic E-state index is 0.297. The van der Waals surface area contributed by atoms with Crippen LogP contribution in [-0.2, 0) is 0 Å². The lowest BCUT2D eigenvalue weighted by Gasteiger charge is -2.04. The van der Waals surface area contributed by atoms with Crippen LogP contribution in [-0.4, -0.2) is 26.1 Å². The van der Waals surface area contributed by atoms with E-state index in [2.05, 4.69) is 10.3 Å². The number of nitrogens with zero attached hydrogens (tertiary/aromatic N) is 3. The third-order valence-electron chi connectivity index (χ3n) is 1.96. The highest BCUT2D eigenvalue weighted by Gasteiger charge is 2.17. The minimum Gasteiger partial charge on any atom is -0.476 e. The first-order valence-electron chi connectivity index (χ1n) is 4.30. The highest BCUT2D eigenvalue weighted by Crippen LogP contribution is 2.23. The van der Waals surface area contributed by atoms with Crippen LogP contribution in [0.3, 0.4) is 0 Å². The lowest BCUT2D eigenvalue weighted by Crippen LogP contribution is -2.03. The van der Waals surface area contributed by atoms with Crippen molar-refractivity contribution in [3.8, 4) is 5.69 Å². The van der Waals surface area contributed by atoms with E-state index in [0.717, 1.165) is 18.3 Å². The van der Waals surface area contributed by atoms with Gasteiger partial charge in [0.2, 0.25) is 0 Å². The molecule has 0 spiro atoms. The molecule has 0 amide bonds.